The van der Waals surface area contributed by atoms with E-state index in [1.54, 1.807) is 11.3 Å². The van der Waals surface area contributed by atoms with Gasteiger partial charge in [-0.25, -0.2) is 4.98 Å². The highest BCUT2D eigenvalue weighted by Crippen LogP contribution is 2.24. The van der Waals surface area contributed by atoms with Gasteiger partial charge in [-0.05, 0) is 31.0 Å². The highest BCUT2D eigenvalue weighted by atomic mass is 32.1. The molecule has 1 aromatic carbocycles. The highest BCUT2D eigenvalue weighted by molar-refractivity contribution is 7.16. The summed E-state index contributed by atoms with van der Waals surface area (Å²) in [5, 5.41) is 3.76. The molecule has 2 aromatic rings. The zero-order valence-electron chi connectivity index (χ0n) is 13.4. The molecule has 1 aromatic heterocycles. The third-order valence-corrected chi connectivity index (χ3v) is 4.81. The minimum Gasteiger partial charge on any atom is -0.382 e. The molecule has 1 N–H and O–H groups in total. The van der Waals surface area contributed by atoms with Crippen molar-refractivity contribution in [3.63, 3.8) is 0 Å². The number of benzene rings is 1. The lowest BCUT2D eigenvalue weighted by atomic mass is 10.0. The molecular weight excluding hydrogens is 276 g/mol. The first-order valence-electron chi connectivity index (χ1n) is 8.43. The van der Waals surface area contributed by atoms with E-state index in [-0.39, 0.29) is 0 Å². The van der Waals surface area contributed by atoms with Gasteiger partial charge in [-0.1, -0.05) is 52.4 Å². The quantitative estimate of drug-likeness (QED) is 0.526. The predicted molar refractivity (Wildman–Crippen MR) is 95.3 cm³/mol. The third kappa shape index (κ3) is 5.31. The third-order valence-electron chi connectivity index (χ3n) is 4.01. The Morgan fingerprint density at radius 2 is 1.76 bits per heavy atom. The van der Waals surface area contributed by atoms with Crippen molar-refractivity contribution in [1.82, 2.24) is 4.98 Å². The molecule has 0 bridgehead atoms. The van der Waals surface area contributed by atoms with Gasteiger partial charge < -0.3 is 5.32 Å². The van der Waals surface area contributed by atoms with Crippen LogP contribution in [-0.4, -0.2) is 11.0 Å². The fourth-order valence-electron chi connectivity index (χ4n) is 2.75. The fourth-order valence-corrected chi connectivity index (χ4v) is 3.47. The van der Waals surface area contributed by atoms with E-state index in [4.69, 9.17) is 0 Å². The van der Waals surface area contributed by atoms with Gasteiger partial charge in [-0.3, -0.25) is 0 Å². The van der Waals surface area contributed by atoms with Crippen molar-refractivity contribution in [2.75, 3.05) is 5.32 Å². The van der Waals surface area contributed by atoms with Crippen LogP contribution < -0.4 is 5.32 Å². The summed E-state index contributed by atoms with van der Waals surface area (Å²) in [5.41, 5.74) is 4.29. The van der Waals surface area contributed by atoms with Crippen LogP contribution in [0.4, 0.5) is 5.69 Å². The monoisotopic (exact) mass is 304 g/mol. The largest absolute Gasteiger partial charge is 0.382 e. The van der Waals surface area contributed by atoms with Crippen LogP contribution in [0.5, 0.6) is 0 Å². The molecule has 21 heavy (non-hydrogen) atoms. The van der Waals surface area contributed by atoms with Crippen LogP contribution in [0.1, 0.15) is 65.2 Å². The summed E-state index contributed by atoms with van der Waals surface area (Å²) in [6, 6.07) is 7.17. The maximum atomic E-state index is 4.35. The summed E-state index contributed by atoms with van der Waals surface area (Å²) in [5.74, 6) is 0. The first kappa shape index (κ1) is 16.3. The first-order valence-corrected chi connectivity index (χ1v) is 9.31. The molecule has 2 nitrogen and oxygen atoms in total. The van der Waals surface area contributed by atoms with E-state index in [2.05, 4.69) is 42.3 Å². The van der Waals surface area contributed by atoms with E-state index in [0.717, 1.165) is 5.52 Å². The molecule has 0 aliphatic heterocycles. The minimum absolute atomic E-state index is 0.619. The minimum atomic E-state index is 0.619. The molecule has 0 radical (unpaired) electrons. The SMILES string of the molecule is CCCCCC(CCCCC)Nc1ccc2ncsc2c1. The average molecular weight is 305 g/mol. The number of nitrogens with one attached hydrogen (secondary N) is 1. The number of rotatable bonds is 10. The molecule has 116 valence electrons. The topological polar surface area (TPSA) is 24.9 Å². The number of hydrogen-bond acceptors (Lipinski definition) is 3. The van der Waals surface area contributed by atoms with Crippen LogP contribution in [0.15, 0.2) is 23.7 Å². The molecule has 0 spiro atoms. The van der Waals surface area contributed by atoms with E-state index in [0.29, 0.717) is 6.04 Å². The van der Waals surface area contributed by atoms with Gasteiger partial charge in [-0.2, -0.15) is 0 Å². The second kappa shape index (κ2) is 9.04. The lowest BCUT2D eigenvalue weighted by Crippen LogP contribution is -2.19. The molecule has 0 unspecified atom stereocenters. The molecular formula is C18H28N2S. The van der Waals surface area contributed by atoms with Crippen molar-refractivity contribution >= 4 is 27.2 Å². The molecule has 0 aliphatic carbocycles. The van der Waals surface area contributed by atoms with E-state index in [9.17, 15) is 0 Å². The smallest absolute Gasteiger partial charge is 0.0813 e. The van der Waals surface area contributed by atoms with E-state index >= 15 is 0 Å². The maximum Gasteiger partial charge on any atom is 0.0813 e. The van der Waals surface area contributed by atoms with Crippen LogP contribution in [0.2, 0.25) is 0 Å². The van der Waals surface area contributed by atoms with Crippen molar-refractivity contribution in [3.8, 4) is 0 Å². The van der Waals surface area contributed by atoms with Gasteiger partial charge >= 0.3 is 0 Å². The Hall–Kier alpha value is -1.09. The van der Waals surface area contributed by atoms with Gasteiger partial charge in [-0.15, -0.1) is 11.3 Å². The summed E-state index contributed by atoms with van der Waals surface area (Å²) < 4.78 is 1.28. The van der Waals surface area contributed by atoms with Gasteiger partial charge in [0, 0.05) is 11.7 Å². The Morgan fingerprint density at radius 3 is 2.43 bits per heavy atom. The van der Waals surface area contributed by atoms with Crippen molar-refractivity contribution in [3.05, 3.63) is 23.7 Å². The Kier molecular flexibility index (Phi) is 7.01. The lowest BCUT2D eigenvalue weighted by Gasteiger charge is -2.20. The molecule has 0 saturated heterocycles. The van der Waals surface area contributed by atoms with Gasteiger partial charge in [0.25, 0.3) is 0 Å². The molecule has 0 saturated carbocycles. The lowest BCUT2D eigenvalue weighted by molar-refractivity contribution is 0.526. The number of aromatic nitrogens is 1. The van der Waals surface area contributed by atoms with Crippen molar-refractivity contribution in [1.29, 1.82) is 0 Å². The number of unbranched alkanes of at least 4 members (excludes halogenated alkanes) is 4. The van der Waals surface area contributed by atoms with Crippen LogP contribution in [0, 0.1) is 0 Å². The van der Waals surface area contributed by atoms with Crippen LogP contribution in [0.3, 0.4) is 0 Å². The second-order valence-corrected chi connectivity index (χ2v) is 6.75. The molecule has 0 atom stereocenters. The molecule has 2 rings (SSSR count). The van der Waals surface area contributed by atoms with Crippen molar-refractivity contribution in [2.45, 2.75) is 71.3 Å². The Morgan fingerprint density at radius 1 is 1.05 bits per heavy atom. The van der Waals surface area contributed by atoms with Gasteiger partial charge in [0.1, 0.15) is 0 Å². The van der Waals surface area contributed by atoms with E-state index in [1.807, 2.05) is 5.51 Å². The zero-order valence-corrected chi connectivity index (χ0v) is 14.2. The molecule has 1 heterocycles. The van der Waals surface area contributed by atoms with Gasteiger partial charge in [0.2, 0.25) is 0 Å². The van der Waals surface area contributed by atoms with Gasteiger partial charge in [0.05, 0.1) is 15.7 Å². The molecule has 3 heteroatoms. The molecule has 0 aliphatic rings. The predicted octanol–water partition coefficient (Wildman–Crippen LogP) is 6.24. The highest BCUT2D eigenvalue weighted by Gasteiger charge is 2.09. The van der Waals surface area contributed by atoms with Crippen molar-refractivity contribution in [2.24, 2.45) is 0 Å². The number of fused-ring (bicyclic) bond motifs is 1. The standard InChI is InChI=1S/C18H28N2S/c1-3-5-7-9-15(10-8-6-4-2)20-16-11-12-17-18(13-16)21-14-19-17/h11-15,20H,3-10H2,1-2H3. The van der Waals surface area contributed by atoms with E-state index in [1.165, 1.54) is 61.8 Å². The number of nitrogens with zero attached hydrogens (tertiary/aromatic N) is 1. The summed E-state index contributed by atoms with van der Waals surface area (Å²) in [4.78, 5) is 4.35. The summed E-state index contributed by atoms with van der Waals surface area (Å²) in [7, 11) is 0. The normalized spacial score (nSPS) is 11.4. The Balaban J connectivity index is 1.94. The number of thiazole rings is 1. The molecule has 0 amide bonds. The van der Waals surface area contributed by atoms with E-state index < -0.39 is 0 Å². The number of anilines is 1. The summed E-state index contributed by atoms with van der Waals surface area (Å²) in [6.45, 7) is 4.55. The Labute approximate surface area is 133 Å². The summed E-state index contributed by atoms with van der Waals surface area (Å²) in [6.07, 6.45) is 10.5. The van der Waals surface area contributed by atoms with Crippen LogP contribution in [0.25, 0.3) is 10.2 Å². The second-order valence-electron chi connectivity index (χ2n) is 5.87. The Bertz CT molecular complexity index is 511. The van der Waals surface area contributed by atoms with Crippen LogP contribution in [-0.2, 0) is 0 Å². The van der Waals surface area contributed by atoms with Crippen molar-refractivity contribution < 1.29 is 0 Å². The summed E-state index contributed by atoms with van der Waals surface area (Å²) >= 11 is 1.72. The first-order chi connectivity index (χ1) is 10.3. The zero-order chi connectivity index (χ0) is 14.9. The maximum absolute atomic E-state index is 4.35. The van der Waals surface area contributed by atoms with Crippen LogP contribution >= 0.6 is 11.3 Å². The number of hydrogen-bond donors (Lipinski definition) is 1. The average Bonchev–Trinajstić information content (AvgIpc) is 2.95. The van der Waals surface area contributed by atoms with Gasteiger partial charge in [0.15, 0.2) is 0 Å². The fraction of sp³-hybridized carbons (Fsp3) is 0.611. The molecule has 0 fully saturated rings.